The number of ether oxygens (including phenoxy) is 2. The lowest BCUT2D eigenvalue weighted by Gasteiger charge is -2.09. The molecule has 2 rings (SSSR count). The molecule has 1 aliphatic heterocycles. The Morgan fingerprint density at radius 1 is 1.21 bits per heavy atom. The second kappa shape index (κ2) is 5.43. The van der Waals surface area contributed by atoms with Crippen molar-refractivity contribution in [3.8, 4) is 11.5 Å². The fourth-order valence-electron chi connectivity index (χ4n) is 1.70. The molecule has 0 atom stereocenters. The second-order valence-electron chi connectivity index (χ2n) is 3.81. The van der Waals surface area contributed by atoms with Crippen LogP contribution in [0.3, 0.4) is 0 Å². The number of rotatable bonds is 4. The van der Waals surface area contributed by atoms with Gasteiger partial charge in [-0.25, -0.2) is 4.79 Å². The molecule has 6 heteroatoms. The third-order valence-electron chi connectivity index (χ3n) is 2.52. The van der Waals surface area contributed by atoms with Gasteiger partial charge in [-0.1, -0.05) is 6.07 Å². The Kier molecular flexibility index (Phi) is 3.70. The minimum absolute atomic E-state index is 0.205. The number of benzene rings is 1. The molecule has 1 heterocycles. The molecule has 19 heavy (non-hydrogen) atoms. The molecule has 0 spiro atoms. The van der Waals surface area contributed by atoms with E-state index in [4.69, 9.17) is 9.47 Å². The van der Waals surface area contributed by atoms with Crippen LogP contribution in [0.25, 0.3) is 6.08 Å². The Hall–Kier alpha value is -2.50. The average Bonchev–Trinajstić information content (AvgIpc) is 2.70. The number of imide groups is 1. The molecule has 2 N–H and O–H groups in total. The first kappa shape index (κ1) is 12.9. The van der Waals surface area contributed by atoms with E-state index in [2.05, 4.69) is 10.6 Å². The predicted molar refractivity (Wildman–Crippen MR) is 68.8 cm³/mol. The van der Waals surface area contributed by atoms with Crippen molar-refractivity contribution in [1.82, 2.24) is 10.6 Å². The van der Waals surface area contributed by atoms with Gasteiger partial charge in [0, 0.05) is 0 Å². The largest absolute Gasteiger partial charge is 0.493 e. The Labute approximate surface area is 110 Å². The Bertz CT molecular complexity index is 552. The summed E-state index contributed by atoms with van der Waals surface area (Å²) in [6, 6.07) is 4.74. The summed E-state index contributed by atoms with van der Waals surface area (Å²) in [5.74, 6) is 0.755. The van der Waals surface area contributed by atoms with Gasteiger partial charge in [0.15, 0.2) is 11.5 Å². The van der Waals surface area contributed by atoms with Crippen molar-refractivity contribution in [2.45, 2.75) is 6.92 Å². The van der Waals surface area contributed by atoms with Crippen LogP contribution in [0.2, 0.25) is 0 Å². The number of methoxy groups -OCH3 is 1. The summed E-state index contributed by atoms with van der Waals surface area (Å²) in [7, 11) is 1.54. The van der Waals surface area contributed by atoms with E-state index in [-0.39, 0.29) is 5.70 Å². The van der Waals surface area contributed by atoms with E-state index < -0.39 is 11.9 Å². The molecule has 0 aromatic heterocycles. The summed E-state index contributed by atoms with van der Waals surface area (Å²) >= 11 is 0. The fraction of sp³-hybridized carbons (Fsp3) is 0.231. The van der Waals surface area contributed by atoms with Crippen molar-refractivity contribution in [2.75, 3.05) is 13.7 Å². The van der Waals surface area contributed by atoms with E-state index in [1.165, 1.54) is 0 Å². The summed E-state index contributed by atoms with van der Waals surface area (Å²) in [5, 5.41) is 4.55. The first-order valence-electron chi connectivity index (χ1n) is 5.79. The molecule has 3 amide bonds. The van der Waals surface area contributed by atoms with Crippen molar-refractivity contribution < 1.29 is 19.1 Å². The zero-order valence-electron chi connectivity index (χ0n) is 10.6. The van der Waals surface area contributed by atoms with Crippen LogP contribution in [0.5, 0.6) is 11.5 Å². The molecular formula is C13H14N2O4. The number of nitrogens with one attached hydrogen (secondary N) is 2. The number of urea groups is 1. The molecule has 1 aliphatic rings. The van der Waals surface area contributed by atoms with Crippen molar-refractivity contribution in [3.63, 3.8) is 0 Å². The van der Waals surface area contributed by atoms with Gasteiger partial charge in [0.1, 0.15) is 5.70 Å². The van der Waals surface area contributed by atoms with Crippen LogP contribution in [0.15, 0.2) is 23.9 Å². The highest BCUT2D eigenvalue weighted by molar-refractivity contribution is 6.13. The normalized spacial score (nSPS) is 16.2. The van der Waals surface area contributed by atoms with Gasteiger partial charge in [0.2, 0.25) is 0 Å². The molecular weight excluding hydrogens is 248 g/mol. The smallest absolute Gasteiger partial charge is 0.326 e. The molecule has 1 fully saturated rings. The maximum Gasteiger partial charge on any atom is 0.326 e. The quantitative estimate of drug-likeness (QED) is 0.633. The third kappa shape index (κ3) is 2.85. The van der Waals surface area contributed by atoms with E-state index in [0.717, 1.165) is 5.56 Å². The summed E-state index contributed by atoms with van der Waals surface area (Å²) in [4.78, 5) is 22.4. The van der Waals surface area contributed by atoms with Gasteiger partial charge in [-0.2, -0.15) is 0 Å². The monoisotopic (exact) mass is 262 g/mol. The van der Waals surface area contributed by atoms with Crippen LogP contribution in [-0.4, -0.2) is 25.7 Å². The molecule has 0 saturated carbocycles. The minimum atomic E-state index is -0.519. The molecule has 0 unspecified atom stereocenters. The SMILES string of the molecule is CCOc1ccc(C=C2NC(=O)NC2=O)cc1OC. The molecule has 0 aliphatic carbocycles. The van der Waals surface area contributed by atoms with Crippen LogP contribution in [0.1, 0.15) is 12.5 Å². The molecule has 1 aromatic carbocycles. The highest BCUT2D eigenvalue weighted by Gasteiger charge is 2.22. The van der Waals surface area contributed by atoms with Crippen LogP contribution in [0.4, 0.5) is 4.79 Å². The van der Waals surface area contributed by atoms with Crippen LogP contribution in [0, 0.1) is 0 Å². The lowest BCUT2D eigenvalue weighted by atomic mass is 10.1. The molecule has 0 radical (unpaired) electrons. The van der Waals surface area contributed by atoms with Crippen molar-refractivity contribution in [2.24, 2.45) is 0 Å². The highest BCUT2D eigenvalue weighted by atomic mass is 16.5. The van der Waals surface area contributed by atoms with E-state index >= 15 is 0 Å². The van der Waals surface area contributed by atoms with E-state index in [1.54, 1.807) is 31.4 Å². The van der Waals surface area contributed by atoms with E-state index in [0.29, 0.717) is 18.1 Å². The lowest BCUT2D eigenvalue weighted by molar-refractivity contribution is -0.115. The molecule has 100 valence electrons. The van der Waals surface area contributed by atoms with E-state index in [9.17, 15) is 9.59 Å². The highest BCUT2D eigenvalue weighted by Crippen LogP contribution is 2.28. The molecule has 0 bridgehead atoms. The van der Waals surface area contributed by atoms with Gasteiger partial charge < -0.3 is 14.8 Å². The van der Waals surface area contributed by atoms with Gasteiger partial charge in [-0.05, 0) is 30.7 Å². The Morgan fingerprint density at radius 2 is 2.00 bits per heavy atom. The van der Waals surface area contributed by atoms with Crippen LogP contribution in [-0.2, 0) is 4.79 Å². The lowest BCUT2D eigenvalue weighted by Crippen LogP contribution is -2.22. The second-order valence-corrected chi connectivity index (χ2v) is 3.81. The summed E-state index contributed by atoms with van der Waals surface area (Å²) in [6.07, 6.45) is 1.57. The van der Waals surface area contributed by atoms with Crippen molar-refractivity contribution in [1.29, 1.82) is 0 Å². The Balaban J connectivity index is 2.29. The summed E-state index contributed by atoms with van der Waals surface area (Å²) < 4.78 is 10.6. The van der Waals surface area contributed by atoms with Crippen LogP contribution >= 0.6 is 0 Å². The summed E-state index contributed by atoms with van der Waals surface area (Å²) in [5.41, 5.74) is 0.934. The number of hydrogen-bond donors (Lipinski definition) is 2. The summed E-state index contributed by atoms with van der Waals surface area (Å²) in [6.45, 7) is 2.42. The minimum Gasteiger partial charge on any atom is -0.493 e. The van der Waals surface area contributed by atoms with Gasteiger partial charge in [-0.15, -0.1) is 0 Å². The zero-order valence-corrected chi connectivity index (χ0v) is 10.6. The predicted octanol–water partition coefficient (Wildman–Crippen LogP) is 1.27. The first-order valence-corrected chi connectivity index (χ1v) is 5.79. The van der Waals surface area contributed by atoms with Crippen molar-refractivity contribution in [3.05, 3.63) is 29.5 Å². The third-order valence-corrected chi connectivity index (χ3v) is 2.52. The maximum atomic E-state index is 11.4. The van der Waals surface area contributed by atoms with Gasteiger partial charge >= 0.3 is 6.03 Å². The standard InChI is InChI=1S/C13H14N2O4/c1-3-19-10-5-4-8(7-11(10)18-2)6-9-12(16)15-13(17)14-9/h4-7H,3H2,1-2H3,(H2,14,15,16,17). The zero-order chi connectivity index (χ0) is 13.8. The van der Waals surface area contributed by atoms with Gasteiger partial charge in [-0.3, -0.25) is 10.1 Å². The molecule has 6 nitrogen and oxygen atoms in total. The first-order chi connectivity index (χ1) is 9.13. The average molecular weight is 262 g/mol. The van der Waals surface area contributed by atoms with Gasteiger partial charge in [0.25, 0.3) is 5.91 Å². The fourth-order valence-corrected chi connectivity index (χ4v) is 1.70. The maximum absolute atomic E-state index is 11.4. The number of amides is 3. The molecule has 1 aromatic rings. The van der Waals surface area contributed by atoms with Crippen molar-refractivity contribution >= 4 is 18.0 Å². The topological polar surface area (TPSA) is 76.7 Å². The number of carbonyl (C=O) groups excluding carboxylic acids is 2. The number of carbonyl (C=O) groups is 2. The van der Waals surface area contributed by atoms with E-state index in [1.807, 2.05) is 6.92 Å². The Morgan fingerprint density at radius 3 is 2.58 bits per heavy atom. The van der Waals surface area contributed by atoms with Crippen LogP contribution < -0.4 is 20.1 Å². The number of hydrogen-bond acceptors (Lipinski definition) is 4. The molecule has 1 saturated heterocycles. The van der Waals surface area contributed by atoms with Gasteiger partial charge in [0.05, 0.1) is 13.7 Å².